The summed E-state index contributed by atoms with van der Waals surface area (Å²) in [5.74, 6) is -0.106. The summed E-state index contributed by atoms with van der Waals surface area (Å²) in [6, 6.07) is 23.5. The molecular formula is C29H31FN2O. The number of nitrogens with zero attached hydrogens (tertiary/aromatic N) is 2. The fourth-order valence-electron chi connectivity index (χ4n) is 4.64. The number of rotatable bonds is 8. The first-order valence-corrected chi connectivity index (χ1v) is 11.7. The van der Waals surface area contributed by atoms with Crippen molar-refractivity contribution in [2.24, 2.45) is 0 Å². The molecule has 0 radical (unpaired) electrons. The monoisotopic (exact) mass is 442 g/mol. The van der Waals surface area contributed by atoms with Gasteiger partial charge < -0.3 is 9.47 Å². The van der Waals surface area contributed by atoms with Gasteiger partial charge in [-0.3, -0.25) is 4.79 Å². The first-order chi connectivity index (χ1) is 16.0. The molecule has 33 heavy (non-hydrogen) atoms. The van der Waals surface area contributed by atoms with Crippen LogP contribution in [0.15, 0.2) is 79.0 Å². The quantitative estimate of drug-likeness (QED) is 0.305. The highest BCUT2D eigenvalue weighted by Crippen LogP contribution is 2.36. The van der Waals surface area contributed by atoms with Gasteiger partial charge in [0.05, 0.1) is 0 Å². The molecule has 0 fully saturated rings. The van der Waals surface area contributed by atoms with Crippen molar-refractivity contribution >= 4 is 16.8 Å². The molecular weight excluding hydrogens is 411 g/mol. The van der Waals surface area contributed by atoms with E-state index in [4.69, 9.17) is 0 Å². The number of carbonyl (C=O) groups excluding carboxylic acids is 1. The maximum absolute atomic E-state index is 13.4. The molecule has 3 aromatic carbocycles. The zero-order valence-electron chi connectivity index (χ0n) is 19.6. The Balaban J connectivity index is 1.80. The summed E-state index contributed by atoms with van der Waals surface area (Å²) in [7, 11) is 0. The average Bonchev–Trinajstić information content (AvgIpc) is 3.18. The van der Waals surface area contributed by atoms with Gasteiger partial charge in [-0.05, 0) is 55.7 Å². The Bertz CT molecular complexity index is 1240. The summed E-state index contributed by atoms with van der Waals surface area (Å²) in [5, 5.41) is 1.15. The van der Waals surface area contributed by atoms with Crippen molar-refractivity contribution in [2.75, 3.05) is 13.1 Å². The van der Waals surface area contributed by atoms with E-state index < -0.39 is 0 Å². The Morgan fingerprint density at radius 3 is 2.39 bits per heavy atom. The van der Waals surface area contributed by atoms with E-state index in [1.165, 1.54) is 17.7 Å². The van der Waals surface area contributed by atoms with Crippen LogP contribution in [0.5, 0.6) is 0 Å². The van der Waals surface area contributed by atoms with E-state index in [2.05, 4.69) is 54.1 Å². The largest absolute Gasteiger partial charge is 0.343 e. The molecule has 0 bridgehead atoms. The molecule has 0 saturated heterocycles. The van der Waals surface area contributed by atoms with E-state index >= 15 is 0 Å². The van der Waals surface area contributed by atoms with Crippen molar-refractivity contribution in [3.05, 3.63) is 107 Å². The van der Waals surface area contributed by atoms with Crippen molar-refractivity contribution in [1.82, 2.24) is 9.47 Å². The molecule has 3 nitrogen and oxygen atoms in total. The van der Waals surface area contributed by atoms with Crippen LogP contribution >= 0.6 is 0 Å². The number of hydrogen-bond donors (Lipinski definition) is 0. The summed E-state index contributed by atoms with van der Waals surface area (Å²) < 4.78 is 15.6. The number of carbonyl (C=O) groups is 1. The summed E-state index contributed by atoms with van der Waals surface area (Å²) in [4.78, 5) is 15.1. The van der Waals surface area contributed by atoms with Gasteiger partial charge in [0.1, 0.15) is 5.82 Å². The van der Waals surface area contributed by atoms with Gasteiger partial charge in [0.25, 0.3) is 0 Å². The van der Waals surface area contributed by atoms with Crippen molar-refractivity contribution in [1.29, 1.82) is 0 Å². The van der Waals surface area contributed by atoms with E-state index in [-0.39, 0.29) is 17.6 Å². The minimum atomic E-state index is -0.230. The van der Waals surface area contributed by atoms with Crippen molar-refractivity contribution in [3.8, 4) is 0 Å². The molecule has 0 N–H and O–H groups in total. The van der Waals surface area contributed by atoms with Crippen LogP contribution in [-0.2, 0) is 11.3 Å². The van der Waals surface area contributed by atoms with Gasteiger partial charge >= 0.3 is 0 Å². The standard InChI is InChI=1S/C29H31FN2O/c1-4-31(5-2)29(33)18-26(23-10-8-9-21(3)17-23)27-20-32(28-12-7-6-11-25(27)28)19-22-13-15-24(30)16-14-22/h6-17,20,26H,4-5,18-19H2,1-3H3. The molecule has 170 valence electrons. The number of halogens is 1. The molecule has 0 spiro atoms. The maximum atomic E-state index is 13.4. The van der Waals surface area contributed by atoms with Gasteiger partial charge in [-0.2, -0.15) is 0 Å². The lowest BCUT2D eigenvalue weighted by Gasteiger charge is -2.23. The van der Waals surface area contributed by atoms with Gasteiger partial charge in [-0.1, -0.05) is 60.2 Å². The topological polar surface area (TPSA) is 25.2 Å². The van der Waals surface area contributed by atoms with Crippen LogP contribution < -0.4 is 0 Å². The van der Waals surface area contributed by atoms with Crippen LogP contribution in [0.3, 0.4) is 0 Å². The Morgan fingerprint density at radius 2 is 1.70 bits per heavy atom. The van der Waals surface area contributed by atoms with Crippen LogP contribution in [0.1, 0.15) is 48.4 Å². The third-order valence-electron chi connectivity index (χ3n) is 6.40. The highest BCUT2D eigenvalue weighted by atomic mass is 19.1. The third kappa shape index (κ3) is 5.00. The number of benzene rings is 3. The Hall–Kier alpha value is -3.40. The van der Waals surface area contributed by atoms with Gasteiger partial charge in [0.2, 0.25) is 5.91 Å². The Kier molecular flexibility index (Phi) is 6.93. The van der Waals surface area contributed by atoms with E-state index in [1.807, 2.05) is 43.0 Å². The normalized spacial score (nSPS) is 12.1. The second-order valence-corrected chi connectivity index (χ2v) is 8.59. The lowest BCUT2D eigenvalue weighted by Crippen LogP contribution is -2.31. The second-order valence-electron chi connectivity index (χ2n) is 8.59. The number of hydrogen-bond acceptors (Lipinski definition) is 1. The molecule has 0 aliphatic carbocycles. The number of fused-ring (bicyclic) bond motifs is 1. The minimum absolute atomic E-state index is 0.0441. The summed E-state index contributed by atoms with van der Waals surface area (Å²) >= 11 is 0. The van der Waals surface area contributed by atoms with Crippen LogP contribution in [0.25, 0.3) is 10.9 Å². The molecule has 4 aromatic rings. The fraction of sp³-hybridized carbons (Fsp3) is 0.276. The maximum Gasteiger partial charge on any atom is 0.223 e. The van der Waals surface area contributed by atoms with E-state index in [0.29, 0.717) is 26.1 Å². The molecule has 1 unspecified atom stereocenters. The smallest absolute Gasteiger partial charge is 0.223 e. The van der Waals surface area contributed by atoms with Crippen molar-refractivity contribution in [2.45, 2.75) is 39.7 Å². The summed E-state index contributed by atoms with van der Waals surface area (Å²) in [5.41, 5.74) is 5.64. The molecule has 4 heteroatoms. The highest BCUT2D eigenvalue weighted by molar-refractivity contribution is 5.87. The number of aromatic nitrogens is 1. The van der Waals surface area contributed by atoms with Crippen LogP contribution in [0, 0.1) is 12.7 Å². The lowest BCUT2D eigenvalue weighted by atomic mass is 9.87. The molecule has 1 aromatic heterocycles. The van der Waals surface area contributed by atoms with Gasteiger partial charge in [-0.15, -0.1) is 0 Å². The number of aryl methyl sites for hydroxylation is 1. The van der Waals surface area contributed by atoms with Crippen LogP contribution in [0.4, 0.5) is 4.39 Å². The third-order valence-corrected chi connectivity index (χ3v) is 6.40. The minimum Gasteiger partial charge on any atom is -0.343 e. The van der Waals surface area contributed by atoms with E-state index in [1.54, 1.807) is 0 Å². The molecule has 4 rings (SSSR count). The molecule has 1 atom stereocenters. The average molecular weight is 443 g/mol. The zero-order chi connectivity index (χ0) is 23.4. The SMILES string of the molecule is CCN(CC)C(=O)CC(c1cccc(C)c1)c1cn(Cc2ccc(F)cc2)c2ccccc12. The zero-order valence-corrected chi connectivity index (χ0v) is 19.6. The molecule has 0 aliphatic rings. The van der Waals surface area contributed by atoms with Crippen molar-refractivity contribution < 1.29 is 9.18 Å². The summed E-state index contributed by atoms with van der Waals surface area (Å²) in [6.07, 6.45) is 2.60. The van der Waals surface area contributed by atoms with Crippen LogP contribution in [0.2, 0.25) is 0 Å². The lowest BCUT2D eigenvalue weighted by molar-refractivity contribution is -0.131. The van der Waals surface area contributed by atoms with Gasteiger partial charge in [-0.25, -0.2) is 4.39 Å². The van der Waals surface area contributed by atoms with Crippen molar-refractivity contribution in [3.63, 3.8) is 0 Å². The summed E-state index contributed by atoms with van der Waals surface area (Å²) in [6.45, 7) is 8.20. The van der Waals surface area contributed by atoms with Crippen LogP contribution in [-0.4, -0.2) is 28.5 Å². The first kappa shape index (κ1) is 22.8. The second kappa shape index (κ2) is 10.0. The predicted octanol–water partition coefficient (Wildman–Crippen LogP) is 6.53. The first-order valence-electron chi connectivity index (χ1n) is 11.7. The van der Waals surface area contributed by atoms with Gasteiger partial charge in [0, 0.05) is 49.1 Å². The number of para-hydroxylation sites is 1. The number of amides is 1. The van der Waals surface area contributed by atoms with Gasteiger partial charge in [0.15, 0.2) is 0 Å². The fourth-order valence-corrected chi connectivity index (χ4v) is 4.64. The predicted molar refractivity (Wildman–Crippen MR) is 133 cm³/mol. The molecule has 0 saturated carbocycles. The van der Waals surface area contributed by atoms with E-state index in [9.17, 15) is 9.18 Å². The molecule has 1 amide bonds. The molecule has 0 aliphatic heterocycles. The highest BCUT2D eigenvalue weighted by Gasteiger charge is 2.24. The Labute approximate surface area is 195 Å². The molecule has 1 heterocycles. The van der Waals surface area contributed by atoms with E-state index in [0.717, 1.165) is 27.6 Å². The Morgan fingerprint density at radius 1 is 0.970 bits per heavy atom.